The number of carbonyl (C=O) groups is 1. The predicted octanol–water partition coefficient (Wildman–Crippen LogP) is 0.504. The Hall–Kier alpha value is -1.89. The average Bonchev–Trinajstić information content (AvgIpc) is 2.39. The Kier molecular flexibility index (Phi) is 4.39. The van der Waals surface area contributed by atoms with Gasteiger partial charge in [0.25, 0.3) is 5.56 Å². The summed E-state index contributed by atoms with van der Waals surface area (Å²) in [5.41, 5.74) is -0.195. The summed E-state index contributed by atoms with van der Waals surface area (Å²) in [6, 6.07) is -0.326. The van der Waals surface area contributed by atoms with E-state index in [2.05, 4.69) is 4.98 Å². The Morgan fingerprint density at radius 1 is 1.60 bits per heavy atom. The van der Waals surface area contributed by atoms with Crippen LogP contribution in [0, 0.1) is 0 Å². The van der Waals surface area contributed by atoms with E-state index >= 15 is 0 Å². The average molecular weight is 281 g/mol. The molecule has 1 aliphatic rings. The maximum absolute atomic E-state index is 12.4. The van der Waals surface area contributed by atoms with Gasteiger partial charge < -0.3 is 19.3 Å². The molecule has 0 aliphatic carbocycles. The number of aromatic nitrogens is 2. The van der Waals surface area contributed by atoms with Crippen LogP contribution in [0.3, 0.4) is 0 Å². The molecule has 7 heteroatoms. The molecule has 0 bridgehead atoms. The molecule has 1 unspecified atom stereocenters. The lowest BCUT2D eigenvalue weighted by Crippen LogP contribution is -2.49. The Labute approximate surface area is 116 Å². The highest BCUT2D eigenvalue weighted by molar-refractivity contribution is 5.68. The molecule has 0 spiro atoms. The molecule has 0 amide bonds. The summed E-state index contributed by atoms with van der Waals surface area (Å²) in [5, 5.41) is 8.96. The van der Waals surface area contributed by atoms with Gasteiger partial charge in [-0.25, -0.2) is 4.98 Å². The van der Waals surface area contributed by atoms with Crippen molar-refractivity contribution in [3.63, 3.8) is 0 Å². The Morgan fingerprint density at radius 2 is 2.35 bits per heavy atom. The van der Waals surface area contributed by atoms with E-state index in [1.165, 1.54) is 0 Å². The first-order chi connectivity index (χ1) is 9.50. The fourth-order valence-corrected chi connectivity index (χ4v) is 2.32. The lowest BCUT2D eigenvalue weighted by atomic mass is 10.1. The molecule has 2 heterocycles. The van der Waals surface area contributed by atoms with E-state index in [0.29, 0.717) is 25.6 Å². The second-order valence-electron chi connectivity index (χ2n) is 5.08. The predicted molar refractivity (Wildman–Crippen MR) is 73.1 cm³/mol. The van der Waals surface area contributed by atoms with Crippen LogP contribution in [0.5, 0.6) is 0 Å². The molecule has 1 N–H and O–H groups in total. The fraction of sp³-hybridized carbons (Fsp3) is 0.615. The number of ether oxygens (including phenoxy) is 1. The molecular formula is C13H19N3O4. The number of carboxylic acids is 1. The minimum Gasteiger partial charge on any atom is -0.481 e. The van der Waals surface area contributed by atoms with Crippen LogP contribution in [0.1, 0.15) is 26.3 Å². The van der Waals surface area contributed by atoms with Gasteiger partial charge >= 0.3 is 5.97 Å². The normalized spacial score (nSPS) is 19.4. The fourth-order valence-electron chi connectivity index (χ4n) is 2.32. The highest BCUT2D eigenvalue weighted by atomic mass is 16.5. The van der Waals surface area contributed by atoms with Crippen LogP contribution in [0.2, 0.25) is 0 Å². The topological polar surface area (TPSA) is 84.7 Å². The molecule has 2 rings (SSSR count). The molecule has 1 aromatic heterocycles. The van der Waals surface area contributed by atoms with Gasteiger partial charge in [0.05, 0.1) is 25.7 Å². The summed E-state index contributed by atoms with van der Waals surface area (Å²) in [6.45, 7) is 5.07. The summed E-state index contributed by atoms with van der Waals surface area (Å²) in [6.07, 6.45) is 3.14. The van der Waals surface area contributed by atoms with Gasteiger partial charge in [-0.3, -0.25) is 9.59 Å². The number of hydrogen-bond donors (Lipinski definition) is 1. The quantitative estimate of drug-likeness (QED) is 0.865. The highest BCUT2D eigenvalue weighted by Gasteiger charge is 2.28. The first kappa shape index (κ1) is 14.5. The lowest BCUT2D eigenvalue weighted by Gasteiger charge is -2.35. The summed E-state index contributed by atoms with van der Waals surface area (Å²) < 4.78 is 6.90. The summed E-state index contributed by atoms with van der Waals surface area (Å²) >= 11 is 0. The van der Waals surface area contributed by atoms with E-state index in [-0.39, 0.29) is 24.1 Å². The molecule has 7 nitrogen and oxygen atoms in total. The van der Waals surface area contributed by atoms with Crippen LogP contribution in [0.25, 0.3) is 0 Å². The zero-order valence-electron chi connectivity index (χ0n) is 11.7. The molecule has 0 radical (unpaired) electrons. The Balaban J connectivity index is 2.35. The van der Waals surface area contributed by atoms with Crippen LogP contribution in [0.15, 0.2) is 17.2 Å². The Morgan fingerprint density at radius 3 is 3.00 bits per heavy atom. The van der Waals surface area contributed by atoms with Gasteiger partial charge in [-0.1, -0.05) is 0 Å². The lowest BCUT2D eigenvalue weighted by molar-refractivity contribution is -0.138. The number of morpholine rings is 1. The molecule has 110 valence electrons. The van der Waals surface area contributed by atoms with Crippen molar-refractivity contribution >= 4 is 11.8 Å². The van der Waals surface area contributed by atoms with Gasteiger partial charge in [0.1, 0.15) is 0 Å². The number of hydrogen-bond acceptors (Lipinski definition) is 5. The zero-order chi connectivity index (χ0) is 14.7. The van der Waals surface area contributed by atoms with Crippen molar-refractivity contribution in [3.05, 3.63) is 22.7 Å². The third-order valence-corrected chi connectivity index (χ3v) is 3.32. The molecule has 0 saturated carbocycles. The third kappa shape index (κ3) is 2.98. The highest BCUT2D eigenvalue weighted by Crippen LogP contribution is 2.16. The first-order valence-electron chi connectivity index (χ1n) is 6.64. The van der Waals surface area contributed by atoms with E-state index in [9.17, 15) is 9.59 Å². The molecule has 0 aromatic carbocycles. The van der Waals surface area contributed by atoms with Gasteiger partial charge in [0.15, 0.2) is 5.82 Å². The smallest absolute Gasteiger partial charge is 0.305 e. The van der Waals surface area contributed by atoms with Crippen molar-refractivity contribution in [2.24, 2.45) is 0 Å². The van der Waals surface area contributed by atoms with Gasteiger partial charge in [-0.15, -0.1) is 0 Å². The van der Waals surface area contributed by atoms with Crippen LogP contribution in [0.4, 0.5) is 5.82 Å². The molecule has 1 atom stereocenters. The number of aliphatic carboxylic acids is 1. The minimum atomic E-state index is -0.911. The summed E-state index contributed by atoms with van der Waals surface area (Å²) in [5.74, 6) is -0.610. The van der Waals surface area contributed by atoms with E-state index in [0.717, 1.165) is 0 Å². The van der Waals surface area contributed by atoms with Crippen LogP contribution in [-0.2, 0) is 9.53 Å². The van der Waals surface area contributed by atoms with Crippen molar-refractivity contribution in [2.75, 3.05) is 24.7 Å². The van der Waals surface area contributed by atoms with E-state index in [1.54, 1.807) is 21.9 Å². The molecule has 20 heavy (non-hydrogen) atoms. The number of carboxylic acid groups (broad SMARTS) is 1. The standard InChI is InChI=1S/C13H19N3O4/c1-9(2)15-4-3-14-12(13(15)19)16-5-6-20-8-10(16)7-11(17)18/h3-4,9-10H,5-8H2,1-2H3,(H,17,18). The van der Waals surface area contributed by atoms with Crippen LogP contribution >= 0.6 is 0 Å². The van der Waals surface area contributed by atoms with Crippen LogP contribution in [-0.4, -0.2) is 46.4 Å². The summed E-state index contributed by atoms with van der Waals surface area (Å²) in [4.78, 5) is 29.2. The van der Waals surface area contributed by atoms with E-state index in [1.807, 2.05) is 13.8 Å². The van der Waals surface area contributed by atoms with Crippen molar-refractivity contribution in [2.45, 2.75) is 32.4 Å². The minimum absolute atomic E-state index is 0.0308. The SMILES string of the molecule is CC(C)n1ccnc(N2CCOCC2CC(=O)O)c1=O. The van der Waals surface area contributed by atoms with Crippen molar-refractivity contribution in [3.8, 4) is 0 Å². The monoisotopic (exact) mass is 281 g/mol. The maximum Gasteiger partial charge on any atom is 0.305 e. The number of anilines is 1. The van der Waals surface area contributed by atoms with Crippen molar-refractivity contribution in [1.82, 2.24) is 9.55 Å². The second kappa shape index (κ2) is 6.04. The first-order valence-corrected chi connectivity index (χ1v) is 6.64. The summed E-state index contributed by atoms with van der Waals surface area (Å²) in [7, 11) is 0. The zero-order valence-corrected chi connectivity index (χ0v) is 11.7. The van der Waals surface area contributed by atoms with Crippen LogP contribution < -0.4 is 10.5 Å². The Bertz CT molecular complexity index is 541. The molecular weight excluding hydrogens is 262 g/mol. The molecule has 1 aromatic rings. The number of nitrogens with zero attached hydrogens (tertiary/aromatic N) is 3. The molecule has 1 aliphatic heterocycles. The molecule has 1 saturated heterocycles. The second-order valence-corrected chi connectivity index (χ2v) is 5.08. The molecule has 1 fully saturated rings. The van der Waals surface area contributed by atoms with E-state index < -0.39 is 5.97 Å². The van der Waals surface area contributed by atoms with Crippen molar-refractivity contribution < 1.29 is 14.6 Å². The van der Waals surface area contributed by atoms with Gasteiger partial charge in [-0.05, 0) is 13.8 Å². The van der Waals surface area contributed by atoms with Gasteiger partial charge in [-0.2, -0.15) is 0 Å². The third-order valence-electron chi connectivity index (χ3n) is 3.32. The van der Waals surface area contributed by atoms with Gasteiger partial charge in [0, 0.05) is 25.0 Å². The van der Waals surface area contributed by atoms with E-state index in [4.69, 9.17) is 9.84 Å². The van der Waals surface area contributed by atoms with Gasteiger partial charge in [0.2, 0.25) is 0 Å². The maximum atomic E-state index is 12.4. The largest absolute Gasteiger partial charge is 0.481 e. The number of rotatable bonds is 4. The van der Waals surface area contributed by atoms with Crippen molar-refractivity contribution in [1.29, 1.82) is 0 Å².